The Morgan fingerprint density at radius 1 is 1.35 bits per heavy atom. The molecule has 4 nitrogen and oxygen atoms in total. The molecule has 0 atom stereocenters. The van der Waals surface area contributed by atoms with Crippen molar-refractivity contribution in [3.05, 3.63) is 29.8 Å². The lowest BCUT2D eigenvalue weighted by Crippen LogP contribution is -2.25. The lowest BCUT2D eigenvalue weighted by Gasteiger charge is -2.08. The summed E-state index contributed by atoms with van der Waals surface area (Å²) in [6.45, 7) is 4.95. The van der Waals surface area contributed by atoms with Crippen LogP contribution in [0.2, 0.25) is 0 Å². The number of hydrogen-bond donors (Lipinski definition) is 2. The Labute approximate surface area is 121 Å². The summed E-state index contributed by atoms with van der Waals surface area (Å²) >= 11 is 0. The molecule has 0 spiro atoms. The molecule has 0 aliphatic rings. The van der Waals surface area contributed by atoms with Gasteiger partial charge in [0, 0.05) is 12.1 Å². The zero-order chi connectivity index (χ0) is 15.0. The van der Waals surface area contributed by atoms with Gasteiger partial charge in [0.25, 0.3) is 0 Å². The van der Waals surface area contributed by atoms with Gasteiger partial charge in [-0.25, -0.2) is 13.1 Å². The molecular weight excluding hydrogens is 272 g/mol. The second kappa shape index (κ2) is 8.05. The third-order valence-corrected chi connectivity index (χ3v) is 4.19. The van der Waals surface area contributed by atoms with Gasteiger partial charge in [0.05, 0.1) is 11.4 Å². The molecule has 0 heterocycles. The molecule has 1 aromatic rings. The van der Waals surface area contributed by atoms with E-state index in [-0.39, 0.29) is 11.4 Å². The highest BCUT2D eigenvalue weighted by molar-refractivity contribution is 7.89. The van der Waals surface area contributed by atoms with Crippen LogP contribution in [-0.4, -0.2) is 21.5 Å². The lowest BCUT2D eigenvalue weighted by atomic mass is 10.1. The van der Waals surface area contributed by atoms with Crippen molar-refractivity contribution in [3.63, 3.8) is 0 Å². The van der Waals surface area contributed by atoms with E-state index in [9.17, 15) is 8.42 Å². The smallest absolute Gasteiger partial charge is 0.240 e. The van der Waals surface area contributed by atoms with Crippen LogP contribution in [0, 0.1) is 17.8 Å². The highest BCUT2D eigenvalue weighted by Gasteiger charge is 2.13. The standard InChI is InChI=1S/C15H22N2O2S/c1-13(2)6-5-11-17-20(18,19)15-9-3-7-14(12-15)8-4-10-16/h3,7,9,12-13,17H,5-6,10-11,16H2,1-2H3. The summed E-state index contributed by atoms with van der Waals surface area (Å²) < 4.78 is 26.9. The summed E-state index contributed by atoms with van der Waals surface area (Å²) in [6.07, 6.45) is 1.84. The quantitative estimate of drug-likeness (QED) is 0.620. The zero-order valence-corrected chi connectivity index (χ0v) is 12.8. The molecule has 0 saturated heterocycles. The predicted molar refractivity (Wildman–Crippen MR) is 81.6 cm³/mol. The molecule has 0 aliphatic carbocycles. The first-order valence-electron chi connectivity index (χ1n) is 6.74. The zero-order valence-electron chi connectivity index (χ0n) is 12.0. The van der Waals surface area contributed by atoms with Crippen molar-refractivity contribution in [1.82, 2.24) is 4.72 Å². The monoisotopic (exact) mass is 294 g/mol. The van der Waals surface area contributed by atoms with Crippen LogP contribution in [0.15, 0.2) is 29.2 Å². The molecule has 0 amide bonds. The van der Waals surface area contributed by atoms with Gasteiger partial charge in [0.1, 0.15) is 0 Å². The van der Waals surface area contributed by atoms with Crippen LogP contribution in [0.1, 0.15) is 32.3 Å². The topological polar surface area (TPSA) is 72.2 Å². The minimum atomic E-state index is -3.45. The fraction of sp³-hybridized carbons (Fsp3) is 0.467. The van der Waals surface area contributed by atoms with E-state index < -0.39 is 10.0 Å². The Hall–Kier alpha value is -1.35. The molecule has 5 heteroatoms. The van der Waals surface area contributed by atoms with E-state index in [0.717, 1.165) is 12.8 Å². The first kappa shape index (κ1) is 16.7. The molecule has 0 unspecified atom stereocenters. The Morgan fingerprint density at radius 2 is 2.10 bits per heavy atom. The highest BCUT2D eigenvalue weighted by Crippen LogP contribution is 2.11. The van der Waals surface area contributed by atoms with Crippen LogP contribution in [0.4, 0.5) is 0 Å². The molecule has 110 valence electrons. The largest absolute Gasteiger partial charge is 0.320 e. The summed E-state index contributed by atoms with van der Waals surface area (Å²) in [5.74, 6) is 6.12. The van der Waals surface area contributed by atoms with Crippen molar-refractivity contribution in [3.8, 4) is 11.8 Å². The van der Waals surface area contributed by atoms with Gasteiger partial charge < -0.3 is 5.73 Å². The average Bonchev–Trinajstić information content (AvgIpc) is 2.41. The van der Waals surface area contributed by atoms with Crippen LogP contribution in [0.25, 0.3) is 0 Å². The van der Waals surface area contributed by atoms with Crippen LogP contribution >= 0.6 is 0 Å². The van der Waals surface area contributed by atoms with E-state index in [2.05, 4.69) is 30.4 Å². The molecule has 0 bridgehead atoms. The average molecular weight is 294 g/mol. The minimum Gasteiger partial charge on any atom is -0.320 e. The second-order valence-electron chi connectivity index (χ2n) is 4.97. The molecule has 1 aromatic carbocycles. The first-order chi connectivity index (χ1) is 9.45. The number of benzene rings is 1. The van der Waals surface area contributed by atoms with Gasteiger partial charge in [-0.3, -0.25) is 0 Å². The molecule has 1 rings (SSSR count). The van der Waals surface area contributed by atoms with Crippen molar-refractivity contribution in [2.75, 3.05) is 13.1 Å². The lowest BCUT2D eigenvalue weighted by molar-refractivity contribution is 0.540. The number of sulfonamides is 1. The Kier molecular flexibility index (Phi) is 6.73. The van der Waals surface area contributed by atoms with Crippen LogP contribution in [-0.2, 0) is 10.0 Å². The van der Waals surface area contributed by atoms with Crippen LogP contribution in [0.5, 0.6) is 0 Å². The van der Waals surface area contributed by atoms with E-state index in [1.807, 2.05) is 0 Å². The second-order valence-corrected chi connectivity index (χ2v) is 6.73. The van der Waals surface area contributed by atoms with Gasteiger partial charge in [0.2, 0.25) is 10.0 Å². The summed E-state index contributed by atoms with van der Waals surface area (Å²) in [4.78, 5) is 0.242. The predicted octanol–water partition coefficient (Wildman–Crippen LogP) is 1.71. The molecular formula is C15H22N2O2S. The van der Waals surface area contributed by atoms with Crippen molar-refractivity contribution in [1.29, 1.82) is 0 Å². The van der Waals surface area contributed by atoms with Gasteiger partial charge in [-0.1, -0.05) is 31.8 Å². The molecule has 0 aliphatic heterocycles. The SMILES string of the molecule is CC(C)CCCNS(=O)(=O)c1cccc(C#CCN)c1. The Bertz CT molecular complexity index is 583. The molecule has 0 fully saturated rings. The fourth-order valence-corrected chi connectivity index (χ4v) is 2.81. The Balaban J connectivity index is 2.72. The van der Waals surface area contributed by atoms with E-state index in [4.69, 9.17) is 5.73 Å². The third-order valence-electron chi connectivity index (χ3n) is 2.73. The van der Waals surface area contributed by atoms with E-state index in [1.54, 1.807) is 24.3 Å². The van der Waals surface area contributed by atoms with Gasteiger partial charge in [-0.05, 0) is 37.0 Å². The molecule has 0 aromatic heterocycles. The van der Waals surface area contributed by atoms with E-state index >= 15 is 0 Å². The maximum absolute atomic E-state index is 12.1. The normalized spacial score (nSPS) is 11.2. The molecule has 0 radical (unpaired) electrons. The van der Waals surface area contributed by atoms with E-state index in [1.165, 1.54) is 0 Å². The van der Waals surface area contributed by atoms with E-state index in [0.29, 0.717) is 18.0 Å². The van der Waals surface area contributed by atoms with Gasteiger partial charge in [0.15, 0.2) is 0 Å². The van der Waals surface area contributed by atoms with Crippen molar-refractivity contribution >= 4 is 10.0 Å². The maximum atomic E-state index is 12.1. The van der Waals surface area contributed by atoms with Crippen LogP contribution in [0.3, 0.4) is 0 Å². The van der Waals surface area contributed by atoms with Crippen molar-refractivity contribution in [2.24, 2.45) is 11.7 Å². The Morgan fingerprint density at radius 3 is 2.75 bits per heavy atom. The van der Waals surface area contributed by atoms with Gasteiger partial charge in [-0.2, -0.15) is 0 Å². The number of nitrogens with two attached hydrogens (primary N) is 1. The summed E-state index contributed by atoms with van der Waals surface area (Å²) in [7, 11) is -3.45. The molecule has 0 saturated carbocycles. The molecule has 3 N–H and O–H groups in total. The minimum absolute atomic E-state index is 0.242. The summed E-state index contributed by atoms with van der Waals surface area (Å²) in [6, 6.07) is 6.58. The van der Waals surface area contributed by atoms with Crippen molar-refractivity contribution in [2.45, 2.75) is 31.6 Å². The fourth-order valence-electron chi connectivity index (χ4n) is 1.69. The van der Waals surface area contributed by atoms with Crippen LogP contribution < -0.4 is 10.5 Å². The number of rotatable bonds is 6. The number of hydrogen-bond acceptors (Lipinski definition) is 3. The van der Waals surface area contributed by atoms with Gasteiger partial charge in [-0.15, -0.1) is 0 Å². The highest BCUT2D eigenvalue weighted by atomic mass is 32.2. The summed E-state index contributed by atoms with van der Waals surface area (Å²) in [5.41, 5.74) is 5.95. The molecule has 20 heavy (non-hydrogen) atoms. The third kappa shape index (κ3) is 5.74. The first-order valence-corrected chi connectivity index (χ1v) is 8.22. The van der Waals surface area contributed by atoms with Crippen molar-refractivity contribution < 1.29 is 8.42 Å². The van der Waals surface area contributed by atoms with Gasteiger partial charge >= 0.3 is 0 Å². The maximum Gasteiger partial charge on any atom is 0.240 e. The number of nitrogens with one attached hydrogen (secondary N) is 1. The summed E-state index contributed by atoms with van der Waals surface area (Å²) in [5, 5.41) is 0.